The molecule has 27 heavy (non-hydrogen) atoms. The van der Waals surface area contributed by atoms with Gasteiger partial charge in [-0.05, 0) is 55.2 Å². The van der Waals surface area contributed by atoms with Crippen molar-refractivity contribution in [3.8, 4) is 0 Å². The molecule has 2 aromatic rings. The molecule has 3 rings (SSSR count). The van der Waals surface area contributed by atoms with Crippen LogP contribution in [0.2, 0.25) is 5.02 Å². The van der Waals surface area contributed by atoms with E-state index in [0.717, 1.165) is 24.7 Å². The van der Waals surface area contributed by atoms with Gasteiger partial charge in [-0.2, -0.15) is 0 Å². The summed E-state index contributed by atoms with van der Waals surface area (Å²) in [6.45, 7) is 4.04. The van der Waals surface area contributed by atoms with Gasteiger partial charge >= 0.3 is 5.97 Å². The summed E-state index contributed by atoms with van der Waals surface area (Å²) < 4.78 is 5.03. The van der Waals surface area contributed by atoms with Gasteiger partial charge in [-0.3, -0.25) is 4.79 Å². The number of ether oxygens (including phenoxy) is 1. The second-order valence-electron chi connectivity index (χ2n) is 6.82. The molecule has 0 saturated carbocycles. The molecule has 1 aliphatic rings. The monoisotopic (exact) mass is 386 g/mol. The van der Waals surface area contributed by atoms with Crippen molar-refractivity contribution in [2.45, 2.75) is 19.8 Å². The summed E-state index contributed by atoms with van der Waals surface area (Å²) in [5, 5.41) is 3.03. The molecule has 1 N–H and O–H groups in total. The summed E-state index contributed by atoms with van der Waals surface area (Å²) in [4.78, 5) is 26.4. The number of hydrogen-bond acceptors (Lipinski definition) is 4. The van der Waals surface area contributed by atoms with Gasteiger partial charge in [0.05, 0.1) is 10.6 Å². The van der Waals surface area contributed by atoms with Crippen LogP contribution in [0, 0.1) is 5.92 Å². The predicted octanol–water partition coefficient (Wildman–Crippen LogP) is 4.37. The molecule has 0 radical (unpaired) electrons. The van der Waals surface area contributed by atoms with E-state index in [2.05, 4.69) is 17.1 Å². The van der Waals surface area contributed by atoms with Gasteiger partial charge in [0.2, 0.25) is 0 Å². The number of nitrogens with zero attached hydrogens (tertiary/aromatic N) is 1. The highest BCUT2D eigenvalue weighted by Gasteiger charge is 2.16. The molecule has 0 unspecified atom stereocenters. The minimum absolute atomic E-state index is 0.243. The number of benzene rings is 2. The van der Waals surface area contributed by atoms with Crippen LogP contribution in [0.3, 0.4) is 0 Å². The summed E-state index contributed by atoms with van der Waals surface area (Å²) in [5.41, 5.74) is 2.07. The van der Waals surface area contributed by atoms with Gasteiger partial charge in [0.1, 0.15) is 0 Å². The number of anilines is 2. The maximum absolute atomic E-state index is 12.0. The van der Waals surface area contributed by atoms with Gasteiger partial charge in [-0.1, -0.05) is 30.7 Å². The zero-order chi connectivity index (χ0) is 19.2. The van der Waals surface area contributed by atoms with Gasteiger partial charge in [0.15, 0.2) is 6.61 Å². The Morgan fingerprint density at radius 2 is 1.78 bits per heavy atom. The number of nitrogens with one attached hydrogen (secondary N) is 1. The van der Waals surface area contributed by atoms with E-state index in [0.29, 0.717) is 10.7 Å². The Kier molecular flexibility index (Phi) is 6.35. The molecule has 0 atom stereocenters. The van der Waals surface area contributed by atoms with Gasteiger partial charge in [-0.15, -0.1) is 0 Å². The first-order valence-electron chi connectivity index (χ1n) is 9.09. The van der Waals surface area contributed by atoms with E-state index in [1.807, 2.05) is 24.3 Å². The van der Waals surface area contributed by atoms with E-state index in [1.165, 1.54) is 12.8 Å². The van der Waals surface area contributed by atoms with Crippen LogP contribution in [0.5, 0.6) is 0 Å². The molecule has 1 saturated heterocycles. The standard InChI is InChI=1S/C21H23ClN2O3/c1-15-10-12-24(13-11-15)17-8-6-16(7-9-17)23-20(25)14-27-21(26)18-4-2-3-5-19(18)22/h2-9,15H,10-14H2,1H3,(H,23,25). The molecule has 5 nitrogen and oxygen atoms in total. The van der Waals surface area contributed by atoms with Crippen LogP contribution in [0.15, 0.2) is 48.5 Å². The Bertz CT molecular complexity index is 799. The van der Waals surface area contributed by atoms with E-state index in [9.17, 15) is 9.59 Å². The summed E-state index contributed by atoms with van der Waals surface area (Å²) in [7, 11) is 0. The maximum Gasteiger partial charge on any atom is 0.340 e. The molecular weight excluding hydrogens is 364 g/mol. The molecular formula is C21H23ClN2O3. The van der Waals surface area contributed by atoms with Crippen molar-refractivity contribution >= 4 is 34.9 Å². The minimum atomic E-state index is -0.620. The average Bonchev–Trinajstić information content (AvgIpc) is 2.68. The Hall–Kier alpha value is -2.53. The van der Waals surface area contributed by atoms with Crippen LogP contribution in [-0.4, -0.2) is 31.6 Å². The second kappa shape index (κ2) is 8.91. The number of piperidine rings is 1. The van der Waals surface area contributed by atoms with Crippen molar-refractivity contribution in [3.63, 3.8) is 0 Å². The lowest BCUT2D eigenvalue weighted by Gasteiger charge is -2.32. The average molecular weight is 387 g/mol. The van der Waals surface area contributed by atoms with Crippen LogP contribution in [0.1, 0.15) is 30.1 Å². The van der Waals surface area contributed by atoms with Crippen LogP contribution in [0.25, 0.3) is 0 Å². The molecule has 0 aliphatic carbocycles. The number of rotatable bonds is 5. The lowest BCUT2D eigenvalue weighted by Crippen LogP contribution is -2.32. The number of hydrogen-bond donors (Lipinski definition) is 1. The lowest BCUT2D eigenvalue weighted by molar-refractivity contribution is -0.119. The number of halogens is 1. The fourth-order valence-corrected chi connectivity index (χ4v) is 3.27. The first-order valence-corrected chi connectivity index (χ1v) is 9.47. The van der Waals surface area contributed by atoms with Crippen LogP contribution >= 0.6 is 11.6 Å². The third kappa shape index (κ3) is 5.23. The number of carbonyl (C=O) groups is 2. The van der Waals surface area contributed by atoms with E-state index in [4.69, 9.17) is 16.3 Å². The van der Waals surface area contributed by atoms with Gasteiger partial charge in [0, 0.05) is 24.5 Å². The quantitative estimate of drug-likeness (QED) is 0.775. The zero-order valence-corrected chi connectivity index (χ0v) is 16.0. The summed E-state index contributed by atoms with van der Waals surface area (Å²) >= 11 is 5.95. The van der Waals surface area contributed by atoms with Crippen molar-refractivity contribution in [1.29, 1.82) is 0 Å². The maximum atomic E-state index is 12.0. The minimum Gasteiger partial charge on any atom is -0.452 e. The number of esters is 1. The molecule has 142 valence electrons. The highest BCUT2D eigenvalue weighted by atomic mass is 35.5. The first kappa shape index (κ1) is 19.2. The summed E-state index contributed by atoms with van der Waals surface area (Å²) in [6, 6.07) is 14.3. The molecule has 0 spiro atoms. The largest absolute Gasteiger partial charge is 0.452 e. The second-order valence-corrected chi connectivity index (χ2v) is 7.23. The molecule has 2 aromatic carbocycles. The summed E-state index contributed by atoms with van der Waals surface area (Å²) in [5.74, 6) is -0.228. The topological polar surface area (TPSA) is 58.6 Å². The van der Waals surface area contributed by atoms with Crippen LogP contribution in [-0.2, 0) is 9.53 Å². The lowest BCUT2D eigenvalue weighted by atomic mass is 9.99. The van der Waals surface area contributed by atoms with Gasteiger partial charge in [0.25, 0.3) is 5.91 Å². The number of amides is 1. The van der Waals surface area contributed by atoms with E-state index < -0.39 is 11.9 Å². The Morgan fingerprint density at radius 1 is 1.11 bits per heavy atom. The van der Waals surface area contributed by atoms with Crippen LogP contribution < -0.4 is 10.2 Å². The Morgan fingerprint density at radius 3 is 2.44 bits per heavy atom. The fourth-order valence-electron chi connectivity index (χ4n) is 3.06. The fraction of sp³-hybridized carbons (Fsp3) is 0.333. The zero-order valence-electron chi connectivity index (χ0n) is 15.3. The van der Waals surface area contributed by atoms with Gasteiger partial charge < -0.3 is 15.0 Å². The number of carbonyl (C=O) groups excluding carboxylic acids is 2. The van der Waals surface area contributed by atoms with E-state index >= 15 is 0 Å². The van der Waals surface area contributed by atoms with E-state index in [-0.39, 0.29) is 12.2 Å². The molecule has 1 fully saturated rings. The molecule has 0 aromatic heterocycles. The van der Waals surface area contributed by atoms with Crippen molar-refractivity contribution in [3.05, 3.63) is 59.1 Å². The highest BCUT2D eigenvalue weighted by Crippen LogP contribution is 2.24. The van der Waals surface area contributed by atoms with Crippen molar-refractivity contribution in [1.82, 2.24) is 0 Å². The highest BCUT2D eigenvalue weighted by molar-refractivity contribution is 6.33. The Labute approximate surface area is 164 Å². The molecule has 1 aliphatic heterocycles. The first-order chi connectivity index (χ1) is 13.0. The third-order valence-electron chi connectivity index (χ3n) is 4.73. The smallest absolute Gasteiger partial charge is 0.340 e. The Balaban J connectivity index is 1.49. The predicted molar refractivity (Wildman–Crippen MR) is 107 cm³/mol. The SMILES string of the molecule is CC1CCN(c2ccc(NC(=O)COC(=O)c3ccccc3Cl)cc2)CC1. The van der Waals surface area contributed by atoms with Crippen LogP contribution in [0.4, 0.5) is 11.4 Å². The molecule has 6 heteroatoms. The molecule has 1 heterocycles. The van der Waals surface area contributed by atoms with Crippen molar-refractivity contribution in [2.24, 2.45) is 5.92 Å². The third-order valence-corrected chi connectivity index (χ3v) is 5.06. The normalized spacial score (nSPS) is 14.7. The van der Waals surface area contributed by atoms with Crippen molar-refractivity contribution < 1.29 is 14.3 Å². The summed E-state index contributed by atoms with van der Waals surface area (Å²) in [6.07, 6.45) is 2.41. The molecule has 1 amide bonds. The van der Waals surface area contributed by atoms with Crippen molar-refractivity contribution in [2.75, 3.05) is 29.9 Å². The van der Waals surface area contributed by atoms with Gasteiger partial charge in [-0.25, -0.2) is 4.79 Å². The van der Waals surface area contributed by atoms with E-state index in [1.54, 1.807) is 24.3 Å². The molecule has 0 bridgehead atoms.